The number of ether oxygens (including phenoxy) is 1. The molecule has 32 heavy (non-hydrogen) atoms. The van der Waals surface area contributed by atoms with Crippen LogP contribution < -0.4 is 4.74 Å². The summed E-state index contributed by atoms with van der Waals surface area (Å²) < 4.78 is 11.1. The van der Waals surface area contributed by atoms with Gasteiger partial charge in [0.15, 0.2) is 0 Å². The first-order valence-electron chi connectivity index (χ1n) is 10.5. The van der Waals surface area contributed by atoms with E-state index in [0.717, 1.165) is 23.2 Å². The van der Waals surface area contributed by atoms with Gasteiger partial charge in [0.1, 0.15) is 5.75 Å². The van der Waals surface area contributed by atoms with Gasteiger partial charge in [-0.25, -0.2) is 0 Å². The van der Waals surface area contributed by atoms with Crippen LogP contribution in [0.3, 0.4) is 0 Å². The zero-order chi connectivity index (χ0) is 22.7. The van der Waals surface area contributed by atoms with Crippen molar-refractivity contribution >= 4 is 6.08 Å². The van der Waals surface area contributed by atoms with Crippen LogP contribution in [0.4, 0.5) is 0 Å². The second-order valence-corrected chi connectivity index (χ2v) is 8.01. The van der Waals surface area contributed by atoms with E-state index in [1.807, 2.05) is 24.3 Å². The molecule has 0 N–H and O–H groups in total. The van der Waals surface area contributed by atoms with Gasteiger partial charge in [0.05, 0.1) is 12.7 Å². The lowest BCUT2D eigenvalue weighted by atomic mass is 9.94. The molecule has 4 rings (SSSR count). The van der Waals surface area contributed by atoms with Gasteiger partial charge < -0.3 is 14.2 Å². The van der Waals surface area contributed by atoms with Crippen LogP contribution in [0.5, 0.6) is 5.75 Å². The summed E-state index contributed by atoms with van der Waals surface area (Å²) in [6, 6.07) is 20.5. The lowest BCUT2D eigenvalue weighted by Crippen LogP contribution is -2.11. The minimum atomic E-state index is 0.474. The molecule has 0 unspecified atom stereocenters. The molecule has 0 bridgehead atoms. The second kappa shape index (κ2) is 9.20. The maximum absolute atomic E-state index is 5.65. The van der Waals surface area contributed by atoms with Crippen molar-refractivity contribution in [1.29, 1.82) is 0 Å². The van der Waals surface area contributed by atoms with Crippen molar-refractivity contribution in [3.8, 4) is 39.7 Å². The Balaban J connectivity index is 1.77. The number of benzene rings is 3. The Morgan fingerprint density at radius 1 is 1.00 bits per heavy atom. The highest BCUT2D eigenvalue weighted by molar-refractivity contribution is 5.74. The Labute approximate surface area is 189 Å². The fourth-order valence-electron chi connectivity index (χ4n) is 3.81. The van der Waals surface area contributed by atoms with Crippen molar-refractivity contribution in [2.45, 2.75) is 13.5 Å². The topological polar surface area (TPSA) is 51.4 Å². The number of hydrogen-bond donors (Lipinski definition) is 0. The fourth-order valence-corrected chi connectivity index (χ4v) is 3.81. The molecule has 0 fully saturated rings. The highest BCUT2D eigenvalue weighted by atomic mass is 16.5. The Kier molecular flexibility index (Phi) is 6.19. The van der Waals surface area contributed by atoms with Crippen molar-refractivity contribution < 1.29 is 9.26 Å². The number of aromatic nitrogens is 2. The average molecular weight is 426 g/mol. The van der Waals surface area contributed by atoms with Crippen LogP contribution in [0.15, 0.2) is 71.8 Å². The van der Waals surface area contributed by atoms with E-state index in [-0.39, 0.29) is 0 Å². The molecular weight excluding hydrogens is 398 g/mol. The van der Waals surface area contributed by atoms with E-state index < -0.39 is 0 Å². The number of nitrogens with zero attached hydrogens (tertiary/aromatic N) is 3. The molecule has 0 aliphatic carbocycles. The Morgan fingerprint density at radius 3 is 2.53 bits per heavy atom. The lowest BCUT2D eigenvalue weighted by molar-refractivity contribution is 0.403. The third kappa shape index (κ3) is 4.34. The van der Waals surface area contributed by atoms with Crippen molar-refractivity contribution in [2.75, 3.05) is 21.2 Å². The zero-order valence-electron chi connectivity index (χ0n) is 18.9. The summed E-state index contributed by atoms with van der Waals surface area (Å²) in [6.45, 7) is 6.77. The van der Waals surface area contributed by atoms with Crippen molar-refractivity contribution in [2.24, 2.45) is 0 Å². The summed E-state index contributed by atoms with van der Waals surface area (Å²) in [6.07, 6.45) is 1.78. The molecular formula is C27H27N3O2. The summed E-state index contributed by atoms with van der Waals surface area (Å²) in [7, 11) is 5.77. The van der Waals surface area contributed by atoms with E-state index in [1.165, 1.54) is 22.3 Å². The normalized spacial score (nSPS) is 11.0. The van der Waals surface area contributed by atoms with Gasteiger partial charge in [-0.05, 0) is 73.1 Å². The maximum atomic E-state index is 5.65. The van der Waals surface area contributed by atoms with E-state index >= 15 is 0 Å². The van der Waals surface area contributed by atoms with Crippen LogP contribution >= 0.6 is 0 Å². The molecule has 0 saturated heterocycles. The second-order valence-electron chi connectivity index (χ2n) is 8.01. The minimum Gasteiger partial charge on any atom is -0.496 e. The molecule has 0 amide bonds. The largest absolute Gasteiger partial charge is 0.496 e. The molecule has 5 heteroatoms. The first-order chi connectivity index (χ1) is 15.5. The highest BCUT2D eigenvalue weighted by Gasteiger charge is 2.17. The Morgan fingerprint density at radius 2 is 1.81 bits per heavy atom. The summed E-state index contributed by atoms with van der Waals surface area (Å²) >= 11 is 0. The van der Waals surface area contributed by atoms with Crippen LogP contribution in [0.1, 0.15) is 16.7 Å². The quantitative estimate of drug-likeness (QED) is 0.358. The van der Waals surface area contributed by atoms with Gasteiger partial charge in [0.2, 0.25) is 5.82 Å². The van der Waals surface area contributed by atoms with E-state index in [9.17, 15) is 0 Å². The maximum Gasteiger partial charge on any atom is 0.258 e. The monoisotopic (exact) mass is 425 g/mol. The molecule has 3 aromatic carbocycles. The van der Waals surface area contributed by atoms with Gasteiger partial charge in [0, 0.05) is 12.1 Å². The molecule has 162 valence electrons. The van der Waals surface area contributed by atoms with E-state index in [0.29, 0.717) is 17.5 Å². The predicted molar refractivity (Wildman–Crippen MR) is 129 cm³/mol. The van der Waals surface area contributed by atoms with Crippen molar-refractivity contribution in [1.82, 2.24) is 15.0 Å². The zero-order valence-corrected chi connectivity index (χ0v) is 18.9. The van der Waals surface area contributed by atoms with E-state index in [1.54, 1.807) is 13.2 Å². The Bertz CT molecular complexity index is 1260. The van der Waals surface area contributed by atoms with Crippen LogP contribution in [0.25, 0.3) is 40.0 Å². The van der Waals surface area contributed by atoms with Crippen LogP contribution in [0.2, 0.25) is 0 Å². The average Bonchev–Trinajstić information content (AvgIpc) is 3.29. The summed E-state index contributed by atoms with van der Waals surface area (Å²) in [5.41, 5.74) is 7.50. The fraction of sp³-hybridized carbons (Fsp3) is 0.185. The molecule has 1 aromatic heterocycles. The van der Waals surface area contributed by atoms with Crippen LogP contribution in [0, 0.1) is 6.92 Å². The lowest BCUT2D eigenvalue weighted by Gasteiger charge is -2.16. The Hall–Kier alpha value is -3.70. The van der Waals surface area contributed by atoms with Crippen LogP contribution in [-0.2, 0) is 6.54 Å². The summed E-state index contributed by atoms with van der Waals surface area (Å²) in [5, 5.41) is 4.22. The molecule has 0 radical (unpaired) electrons. The smallest absolute Gasteiger partial charge is 0.258 e. The van der Waals surface area contributed by atoms with Crippen LogP contribution in [-0.4, -0.2) is 36.2 Å². The number of aryl methyl sites for hydroxylation is 1. The first kappa shape index (κ1) is 21.5. The van der Waals surface area contributed by atoms with Gasteiger partial charge in [0.25, 0.3) is 5.89 Å². The van der Waals surface area contributed by atoms with Gasteiger partial charge >= 0.3 is 0 Å². The molecule has 0 aliphatic heterocycles. The van der Waals surface area contributed by atoms with E-state index in [2.05, 4.69) is 79.0 Å². The first-order valence-corrected chi connectivity index (χ1v) is 10.5. The molecule has 0 spiro atoms. The summed E-state index contributed by atoms with van der Waals surface area (Å²) in [4.78, 5) is 6.83. The molecule has 5 nitrogen and oxygen atoms in total. The van der Waals surface area contributed by atoms with Gasteiger partial charge in [-0.15, -0.1) is 0 Å². The van der Waals surface area contributed by atoms with Gasteiger partial charge in [-0.1, -0.05) is 54.2 Å². The number of hydrogen-bond acceptors (Lipinski definition) is 5. The minimum absolute atomic E-state index is 0.474. The van der Waals surface area contributed by atoms with Crippen molar-refractivity contribution in [3.05, 3.63) is 83.9 Å². The number of methoxy groups -OCH3 is 1. The van der Waals surface area contributed by atoms with Gasteiger partial charge in [-0.2, -0.15) is 4.98 Å². The molecule has 0 aliphatic rings. The number of rotatable bonds is 7. The molecule has 4 aromatic rings. The third-order valence-corrected chi connectivity index (χ3v) is 5.40. The summed E-state index contributed by atoms with van der Waals surface area (Å²) in [5.74, 6) is 1.64. The molecule has 0 atom stereocenters. The highest BCUT2D eigenvalue weighted by Crippen LogP contribution is 2.34. The van der Waals surface area contributed by atoms with E-state index in [4.69, 9.17) is 9.26 Å². The predicted octanol–water partition coefficient (Wildman–Crippen LogP) is 6.09. The SMILES string of the molecule is C=Cc1ccc(OC)c(-c2noc(-c3ccc(-c4ccccc4C)c(CN(C)C)c3)n2)c1. The third-order valence-electron chi connectivity index (χ3n) is 5.40. The van der Waals surface area contributed by atoms with Crippen molar-refractivity contribution in [3.63, 3.8) is 0 Å². The molecule has 1 heterocycles. The standard InChI is InChI=1S/C27H27N3O2/c1-6-19-11-14-25(31-5)24(15-19)26-28-27(32-29-26)20-12-13-23(21(16-20)17-30(3)4)22-10-8-7-9-18(22)2/h6-16H,1,17H2,2-5H3. The molecule has 0 saturated carbocycles. The van der Waals surface area contributed by atoms with Gasteiger partial charge in [-0.3, -0.25) is 0 Å².